The van der Waals surface area contributed by atoms with E-state index in [4.69, 9.17) is 5.11 Å². The lowest BCUT2D eigenvalue weighted by Crippen LogP contribution is -2.01. The third-order valence-electron chi connectivity index (χ3n) is 4.22. The SMILES string of the molecule is CCCCCCCCCCCCCC(O)/C=C/CCCC(=O)O. The minimum Gasteiger partial charge on any atom is -0.481 e. The zero-order chi connectivity index (χ0) is 17.2. The van der Waals surface area contributed by atoms with E-state index in [-0.39, 0.29) is 12.5 Å². The first-order valence-corrected chi connectivity index (χ1v) is 9.73. The maximum Gasteiger partial charge on any atom is 0.303 e. The molecule has 0 aromatic heterocycles. The summed E-state index contributed by atoms with van der Waals surface area (Å²) in [6.07, 6.45) is 20.3. The van der Waals surface area contributed by atoms with Gasteiger partial charge in [-0.1, -0.05) is 89.7 Å². The van der Waals surface area contributed by atoms with Crippen molar-refractivity contribution in [2.75, 3.05) is 0 Å². The Kier molecular flexibility index (Phi) is 16.9. The highest BCUT2D eigenvalue weighted by Gasteiger charge is 1.99. The number of rotatable bonds is 17. The first kappa shape index (κ1) is 22.2. The van der Waals surface area contributed by atoms with Crippen LogP contribution in [0, 0.1) is 0 Å². The second-order valence-electron chi connectivity index (χ2n) is 6.61. The summed E-state index contributed by atoms with van der Waals surface area (Å²) in [5, 5.41) is 18.3. The molecule has 0 aliphatic rings. The maximum atomic E-state index is 10.4. The monoisotopic (exact) mass is 326 g/mol. The summed E-state index contributed by atoms with van der Waals surface area (Å²) >= 11 is 0. The third-order valence-corrected chi connectivity index (χ3v) is 4.22. The van der Waals surface area contributed by atoms with Gasteiger partial charge in [0.1, 0.15) is 0 Å². The Morgan fingerprint density at radius 3 is 1.91 bits per heavy atom. The number of hydrogen-bond acceptors (Lipinski definition) is 2. The van der Waals surface area contributed by atoms with E-state index in [1.165, 1.54) is 64.2 Å². The lowest BCUT2D eigenvalue weighted by Gasteiger charge is -2.05. The Morgan fingerprint density at radius 2 is 1.39 bits per heavy atom. The first-order chi connectivity index (χ1) is 11.2. The Bertz CT molecular complexity index is 287. The molecule has 136 valence electrons. The van der Waals surface area contributed by atoms with Gasteiger partial charge in [0, 0.05) is 6.42 Å². The minimum absolute atomic E-state index is 0.207. The van der Waals surface area contributed by atoms with Crippen molar-refractivity contribution in [1.82, 2.24) is 0 Å². The third kappa shape index (κ3) is 19.1. The average Bonchev–Trinajstić information content (AvgIpc) is 2.52. The van der Waals surface area contributed by atoms with Gasteiger partial charge in [0.05, 0.1) is 6.10 Å². The van der Waals surface area contributed by atoms with Crippen LogP contribution in [-0.4, -0.2) is 22.3 Å². The number of carbonyl (C=O) groups is 1. The predicted octanol–water partition coefficient (Wildman–Crippen LogP) is 5.86. The Labute approximate surface area is 143 Å². The van der Waals surface area contributed by atoms with Crippen molar-refractivity contribution in [2.45, 2.75) is 109 Å². The van der Waals surface area contributed by atoms with Gasteiger partial charge in [-0.3, -0.25) is 4.79 Å². The van der Waals surface area contributed by atoms with Crippen LogP contribution in [0.4, 0.5) is 0 Å². The molecule has 0 aliphatic heterocycles. The Morgan fingerprint density at radius 1 is 0.870 bits per heavy atom. The zero-order valence-corrected chi connectivity index (χ0v) is 15.1. The molecule has 0 saturated carbocycles. The molecule has 1 atom stereocenters. The first-order valence-electron chi connectivity index (χ1n) is 9.73. The van der Waals surface area contributed by atoms with E-state index >= 15 is 0 Å². The molecule has 1 unspecified atom stereocenters. The second-order valence-corrected chi connectivity index (χ2v) is 6.61. The van der Waals surface area contributed by atoms with Crippen LogP contribution in [0.15, 0.2) is 12.2 Å². The van der Waals surface area contributed by atoms with E-state index in [1.807, 2.05) is 12.2 Å². The standard InChI is InChI=1S/C20H38O3/c1-2-3-4-5-6-7-8-9-10-11-13-16-19(21)17-14-12-15-18-20(22)23/h14,17,19,21H,2-13,15-16,18H2,1H3,(H,22,23)/b17-14+. The van der Waals surface area contributed by atoms with Gasteiger partial charge < -0.3 is 10.2 Å². The number of unbranched alkanes of at least 4 members (excludes halogenated alkanes) is 11. The molecule has 0 bridgehead atoms. The van der Waals surface area contributed by atoms with Crippen LogP contribution >= 0.6 is 0 Å². The molecule has 0 radical (unpaired) electrons. The second kappa shape index (κ2) is 17.5. The van der Waals surface area contributed by atoms with Crippen LogP contribution < -0.4 is 0 Å². The molecule has 0 rings (SSSR count). The van der Waals surface area contributed by atoms with E-state index in [2.05, 4.69) is 6.92 Å². The smallest absolute Gasteiger partial charge is 0.303 e. The summed E-state index contributed by atoms with van der Waals surface area (Å²) in [6, 6.07) is 0. The lowest BCUT2D eigenvalue weighted by atomic mass is 10.0. The molecule has 0 aromatic rings. The lowest BCUT2D eigenvalue weighted by molar-refractivity contribution is -0.137. The van der Waals surface area contributed by atoms with E-state index < -0.39 is 5.97 Å². The minimum atomic E-state index is -0.750. The summed E-state index contributed by atoms with van der Waals surface area (Å²) in [5.74, 6) is -0.750. The van der Waals surface area contributed by atoms with E-state index in [9.17, 15) is 9.90 Å². The van der Waals surface area contributed by atoms with Crippen LogP contribution in [0.1, 0.15) is 103 Å². The summed E-state index contributed by atoms with van der Waals surface area (Å²) < 4.78 is 0. The molecular weight excluding hydrogens is 288 g/mol. The fourth-order valence-corrected chi connectivity index (χ4v) is 2.74. The van der Waals surface area contributed by atoms with E-state index in [1.54, 1.807) is 0 Å². The van der Waals surface area contributed by atoms with E-state index in [0.717, 1.165) is 19.3 Å². The molecular formula is C20H38O3. The topological polar surface area (TPSA) is 57.5 Å². The predicted molar refractivity (Wildman–Crippen MR) is 97.7 cm³/mol. The number of carboxylic acid groups (broad SMARTS) is 1. The molecule has 3 heteroatoms. The van der Waals surface area contributed by atoms with Gasteiger partial charge >= 0.3 is 5.97 Å². The van der Waals surface area contributed by atoms with E-state index in [0.29, 0.717) is 6.42 Å². The largest absolute Gasteiger partial charge is 0.481 e. The number of aliphatic carboxylic acids is 1. The van der Waals surface area contributed by atoms with Crippen LogP contribution in [0.25, 0.3) is 0 Å². The van der Waals surface area contributed by atoms with Crippen LogP contribution in [0.5, 0.6) is 0 Å². The fourth-order valence-electron chi connectivity index (χ4n) is 2.74. The Hall–Kier alpha value is -0.830. The fraction of sp³-hybridized carbons (Fsp3) is 0.850. The number of allylic oxidation sites excluding steroid dienone is 1. The zero-order valence-electron chi connectivity index (χ0n) is 15.1. The van der Waals surface area contributed by atoms with Gasteiger partial charge in [-0.15, -0.1) is 0 Å². The molecule has 3 nitrogen and oxygen atoms in total. The molecule has 0 fully saturated rings. The van der Waals surface area contributed by atoms with Gasteiger partial charge in [-0.25, -0.2) is 0 Å². The summed E-state index contributed by atoms with van der Waals surface area (Å²) in [5.41, 5.74) is 0. The van der Waals surface area contributed by atoms with Gasteiger partial charge in [-0.05, 0) is 19.3 Å². The average molecular weight is 327 g/mol. The highest BCUT2D eigenvalue weighted by Crippen LogP contribution is 2.13. The molecule has 0 saturated heterocycles. The molecule has 0 aromatic carbocycles. The summed E-state index contributed by atoms with van der Waals surface area (Å²) in [7, 11) is 0. The maximum absolute atomic E-state index is 10.4. The summed E-state index contributed by atoms with van der Waals surface area (Å²) in [6.45, 7) is 2.26. The molecule has 0 amide bonds. The van der Waals surface area contributed by atoms with Crippen molar-refractivity contribution in [3.8, 4) is 0 Å². The highest BCUT2D eigenvalue weighted by molar-refractivity contribution is 5.66. The van der Waals surface area contributed by atoms with Crippen LogP contribution in [-0.2, 0) is 4.79 Å². The molecule has 0 heterocycles. The van der Waals surface area contributed by atoms with Gasteiger partial charge in [0.2, 0.25) is 0 Å². The highest BCUT2D eigenvalue weighted by atomic mass is 16.4. The van der Waals surface area contributed by atoms with Crippen molar-refractivity contribution in [1.29, 1.82) is 0 Å². The quantitative estimate of drug-likeness (QED) is 0.260. The van der Waals surface area contributed by atoms with Crippen LogP contribution in [0.2, 0.25) is 0 Å². The normalized spacial score (nSPS) is 12.8. The molecule has 2 N–H and O–H groups in total. The van der Waals surface area contributed by atoms with Crippen molar-refractivity contribution in [2.24, 2.45) is 0 Å². The van der Waals surface area contributed by atoms with Crippen molar-refractivity contribution in [3.05, 3.63) is 12.2 Å². The number of hydrogen-bond donors (Lipinski definition) is 2. The molecule has 23 heavy (non-hydrogen) atoms. The van der Waals surface area contributed by atoms with Gasteiger partial charge in [0.15, 0.2) is 0 Å². The number of aliphatic hydroxyl groups excluding tert-OH is 1. The van der Waals surface area contributed by atoms with Crippen molar-refractivity contribution < 1.29 is 15.0 Å². The molecule has 0 spiro atoms. The number of aliphatic hydroxyl groups is 1. The molecule has 0 aliphatic carbocycles. The van der Waals surface area contributed by atoms with Gasteiger partial charge in [-0.2, -0.15) is 0 Å². The number of carboxylic acids is 1. The summed E-state index contributed by atoms with van der Waals surface area (Å²) in [4.78, 5) is 10.4. The Balaban J connectivity index is 3.24. The van der Waals surface area contributed by atoms with Crippen molar-refractivity contribution >= 4 is 5.97 Å². The van der Waals surface area contributed by atoms with Gasteiger partial charge in [0.25, 0.3) is 0 Å². The van der Waals surface area contributed by atoms with Crippen molar-refractivity contribution in [3.63, 3.8) is 0 Å². The van der Waals surface area contributed by atoms with Crippen LogP contribution in [0.3, 0.4) is 0 Å².